The third-order valence-electron chi connectivity index (χ3n) is 4.66. The van der Waals surface area contributed by atoms with Gasteiger partial charge in [-0.3, -0.25) is 14.5 Å². The zero-order valence-electron chi connectivity index (χ0n) is 14.7. The van der Waals surface area contributed by atoms with Crippen LogP contribution >= 0.6 is 0 Å². The maximum absolute atomic E-state index is 12.2. The number of hydrogen-bond acceptors (Lipinski definition) is 7. The van der Waals surface area contributed by atoms with E-state index in [9.17, 15) is 14.4 Å². The van der Waals surface area contributed by atoms with Crippen molar-refractivity contribution in [1.29, 1.82) is 0 Å². The second kappa shape index (κ2) is 7.94. The van der Waals surface area contributed by atoms with Gasteiger partial charge >= 0.3 is 12.1 Å². The number of rotatable bonds is 6. The smallest absolute Gasteiger partial charge is 0.413 e. The number of ketones is 1. The Bertz CT molecular complexity index is 489. The van der Waals surface area contributed by atoms with E-state index in [0.29, 0.717) is 12.8 Å². The molecule has 1 rings (SSSR count). The number of ether oxygens (including phenoxy) is 2. The summed E-state index contributed by atoms with van der Waals surface area (Å²) < 4.78 is 10.0. The molecule has 8 nitrogen and oxygen atoms in total. The van der Waals surface area contributed by atoms with Crippen molar-refractivity contribution in [2.45, 2.75) is 58.3 Å². The largest absolute Gasteiger partial charge is 0.425 e. The second-order valence-corrected chi connectivity index (χ2v) is 6.70. The zero-order chi connectivity index (χ0) is 18.5. The molecule has 0 aromatic rings. The van der Waals surface area contributed by atoms with Gasteiger partial charge in [0.1, 0.15) is 11.0 Å². The first kappa shape index (κ1) is 20.4. The van der Waals surface area contributed by atoms with E-state index in [1.54, 1.807) is 6.92 Å². The SMILES string of the molecule is CC(OC(=O)N(C)[C@]1(C)CCCCC1=O)OC(=O)C(C)(CO)CO. The third kappa shape index (κ3) is 4.24. The van der Waals surface area contributed by atoms with Crippen LogP contribution in [0.3, 0.4) is 0 Å². The minimum Gasteiger partial charge on any atom is -0.425 e. The van der Waals surface area contributed by atoms with Crippen molar-refractivity contribution in [2.75, 3.05) is 20.3 Å². The third-order valence-corrected chi connectivity index (χ3v) is 4.66. The molecule has 138 valence electrons. The van der Waals surface area contributed by atoms with Crippen molar-refractivity contribution in [3.8, 4) is 0 Å². The molecule has 0 spiro atoms. The van der Waals surface area contributed by atoms with Crippen LogP contribution in [0.25, 0.3) is 0 Å². The molecule has 0 saturated heterocycles. The number of nitrogens with zero attached hydrogens (tertiary/aromatic N) is 1. The first-order valence-corrected chi connectivity index (χ1v) is 8.01. The van der Waals surface area contributed by atoms with E-state index >= 15 is 0 Å². The van der Waals surface area contributed by atoms with E-state index in [0.717, 1.165) is 12.8 Å². The summed E-state index contributed by atoms with van der Waals surface area (Å²) in [5.74, 6) is -0.901. The van der Waals surface area contributed by atoms with Gasteiger partial charge in [-0.2, -0.15) is 0 Å². The van der Waals surface area contributed by atoms with Gasteiger partial charge in [-0.1, -0.05) is 6.42 Å². The highest BCUT2D eigenvalue weighted by molar-refractivity contribution is 5.91. The van der Waals surface area contributed by atoms with E-state index in [1.807, 2.05) is 0 Å². The Morgan fingerprint density at radius 1 is 1.29 bits per heavy atom. The lowest BCUT2D eigenvalue weighted by Gasteiger charge is -2.39. The van der Waals surface area contributed by atoms with Gasteiger partial charge in [0, 0.05) is 20.4 Å². The van der Waals surface area contributed by atoms with Crippen LogP contribution < -0.4 is 0 Å². The normalized spacial score (nSPS) is 22.7. The van der Waals surface area contributed by atoms with Gasteiger partial charge in [0.2, 0.25) is 6.29 Å². The Morgan fingerprint density at radius 2 is 1.88 bits per heavy atom. The lowest BCUT2D eigenvalue weighted by Crippen LogP contribution is -2.55. The van der Waals surface area contributed by atoms with E-state index in [-0.39, 0.29) is 5.78 Å². The number of carbonyl (C=O) groups excluding carboxylic acids is 3. The zero-order valence-corrected chi connectivity index (χ0v) is 14.7. The van der Waals surface area contributed by atoms with Gasteiger partial charge in [-0.05, 0) is 26.7 Å². The van der Waals surface area contributed by atoms with E-state index in [4.69, 9.17) is 19.7 Å². The molecule has 1 fully saturated rings. The molecule has 1 amide bonds. The van der Waals surface area contributed by atoms with Gasteiger partial charge in [0.15, 0.2) is 5.78 Å². The van der Waals surface area contributed by atoms with Crippen LogP contribution in [-0.4, -0.2) is 65.0 Å². The average Bonchev–Trinajstić information content (AvgIpc) is 2.55. The molecule has 0 aromatic heterocycles. The van der Waals surface area contributed by atoms with Crippen molar-refractivity contribution in [3.05, 3.63) is 0 Å². The number of amides is 1. The molecule has 8 heteroatoms. The fourth-order valence-electron chi connectivity index (χ4n) is 2.44. The summed E-state index contributed by atoms with van der Waals surface area (Å²) in [7, 11) is 1.48. The topological polar surface area (TPSA) is 113 Å². The summed E-state index contributed by atoms with van der Waals surface area (Å²) in [5, 5.41) is 18.3. The van der Waals surface area contributed by atoms with Crippen molar-refractivity contribution in [3.63, 3.8) is 0 Å². The van der Waals surface area contributed by atoms with Crippen molar-refractivity contribution < 1.29 is 34.1 Å². The molecule has 0 aliphatic heterocycles. The van der Waals surface area contributed by atoms with Crippen molar-refractivity contribution in [2.24, 2.45) is 5.41 Å². The highest BCUT2D eigenvalue weighted by atomic mass is 16.7. The molecular formula is C16H27NO7. The molecular weight excluding hydrogens is 318 g/mol. The van der Waals surface area contributed by atoms with Crippen LogP contribution in [0.1, 0.15) is 46.5 Å². The molecule has 0 bridgehead atoms. The molecule has 24 heavy (non-hydrogen) atoms. The highest BCUT2D eigenvalue weighted by Gasteiger charge is 2.42. The first-order valence-electron chi connectivity index (χ1n) is 8.01. The van der Waals surface area contributed by atoms with Gasteiger partial charge in [-0.15, -0.1) is 0 Å². The lowest BCUT2D eigenvalue weighted by molar-refractivity contribution is -0.182. The molecule has 0 radical (unpaired) electrons. The Labute approximate surface area is 141 Å². The van der Waals surface area contributed by atoms with Crippen LogP contribution in [-0.2, 0) is 19.1 Å². The quantitative estimate of drug-likeness (QED) is 0.541. The van der Waals surface area contributed by atoms with Crippen molar-refractivity contribution >= 4 is 17.8 Å². The fraction of sp³-hybridized carbons (Fsp3) is 0.812. The number of carbonyl (C=O) groups is 3. The average molecular weight is 345 g/mol. The predicted molar refractivity (Wildman–Crippen MR) is 84.0 cm³/mol. The fourth-order valence-corrected chi connectivity index (χ4v) is 2.44. The standard InChI is InChI=1S/C16H27NO7/c1-11(23-13(21)15(2,9-18)10-19)24-14(22)17(4)16(3)8-6-5-7-12(16)20/h11,18-19H,5-10H2,1-4H3/t11?,16-/m1/s1. The number of Topliss-reactive ketones (excluding diaryl/α,β-unsaturated/α-hetero) is 1. The number of aliphatic hydroxyl groups is 2. The first-order chi connectivity index (χ1) is 11.1. The Hall–Kier alpha value is -1.67. The van der Waals surface area contributed by atoms with Crippen LogP contribution in [0.2, 0.25) is 0 Å². The van der Waals surface area contributed by atoms with Gasteiger partial charge in [0.05, 0.1) is 13.2 Å². The van der Waals surface area contributed by atoms with Crippen molar-refractivity contribution in [1.82, 2.24) is 4.90 Å². The van der Waals surface area contributed by atoms with Crippen LogP contribution in [0.15, 0.2) is 0 Å². The molecule has 0 aromatic carbocycles. The number of hydrogen-bond donors (Lipinski definition) is 2. The summed E-state index contributed by atoms with van der Waals surface area (Å²) in [4.78, 5) is 37.5. The van der Waals surface area contributed by atoms with Crippen LogP contribution in [0, 0.1) is 5.41 Å². The minimum atomic E-state index is -1.47. The van der Waals surface area contributed by atoms with Crippen LogP contribution in [0.4, 0.5) is 4.79 Å². The van der Waals surface area contributed by atoms with Gasteiger partial charge in [-0.25, -0.2) is 4.79 Å². The summed E-state index contributed by atoms with van der Waals surface area (Å²) in [6.45, 7) is 3.17. The molecule has 2 N–H and O–H groups in total. The Kier molecular flexibility index (Phi) is 6.74. The molecule has 1 saturated carbocycles. The van der Waals surface area contributed by atoms with E-state index in [1.165, 1.54) is 25.8 Å². The number of aliphatic hydroxyl groups excluding tert-OH is 2. The summed E-state index contributed by atoms with van der Waals surface area (Å²) >= 11 is 0. The Morgan fingerprint density at radius 3 is 2.38 bits per heavy atom. The summed E-state index contributed by atoms with van der Waals surface area (Å²) in [6.07, 6.45) is 0.639. The summed E-state index contributed by atoms with van der Waals surface area (Å²) in [5.41, 5.74) is -2.40. The second-order valence-electron chi connectivity index (χ2n) is 6.70. The highest BCUT2D eigenvalue weighted by Crippen LogP contribution is 2.30. The molecule has 1 aliphatic rings. The van der Waals surface area contributed by atoms with E-state index in [2.05, 4.69) is 0 Å². The number of likely N-dealkylation sites (N-methyl/N-ethyl adjacent to an activating group) is 1. The summed E-state index contributed by atoms with van der Waals surface area (Å²) in [6, 6.07) is 0. The van der Waals surface area contributed by atoms with E-state index < -0.39 is 42.5 Å². The van der Waals surface area contributed by atoms with Gasteiger partial charge in [0.25, 0.3) is 0 Å². The van der Waals surface area contributed by atoms with Crippen LogP contribution in [0.5, 0.6) is 0 Å². The van der Waals surface area contributed by atoms with Gasteiger partial charge < -0.3 is 19.7 Å². The Balaban J connectivity index is 2.66. The predicted octanol–water partition coefficient (Wildman–Crippen LogP) is 0.837. The lowest BCUT2D eigenvalue weighted by atomic mass is 9.81. The maximum atomic E-state index is 12.2. The minimum absolute atomic E-state index is 0.0222. The number of esters is 1. The molecule has 1 aliphatic carbocycles. The maximum Gasteiger partial charge on any atom is 0.413 e. The molecule has 2 atom stereocenters. The monoisotopic (exact) mass is 345 g/mol. The molecule has 0 heterocycles. The molecule has 1 unspecified atom stereocenters.